The predicted octanol–water partition coefficient (Wildman–Crippen LogP) is 1.35. The molecule has 0 amide bonds. The molecule has 0 aromatic carbocycles. The van der Waals surface area contributed by atoms with Crippen molar-refractivity contribution >= 4 is 5.97 Å². The Morgan fingerprint density at radius 2 is 2.06 bits per heavy atom. The van der Waals surface area contributed by atoms with Crippen LogP contribution < -0.4 is 5.32 Å². The van der Waals surface area contributed by atoms with E-state index in [9.17, 15) is 4.79 Å². The molecule has 18 heavy (non-hydrogen) atoms. The Morgan fingerprint density at radius 3 is 2.44 bits per heavy atom. The quantitative estimate of drug-likeness (QED) is 0.805. The molecule has 0 fully saturated rings. The maximum Gasteiger partial charge on any atom is 0.327 e. The summed E-state index contributed by atoms with van der Waals surface area (Å²) >= 11 is 0. The van der Waals surface area contributed by atoms with Gasteiger partial charge >= 0.3 is 5.97 Å². The van der Waals surface area contributed by atoms with Gasteiger partial charge in [0.05, 0.1) is 19.3 Å². The van der Waals surface area contributed by atoms with Gasteiger partial charge in [0, 0.05) is 5.69 Å². The summed E-state index contributed by atoms with van der Waals surface area (Å²) in [6.07, 6.45) is 0. The lowest BCUT2D eigenvalue weighted by Gasteiger charge is -2.27. The minimum atomic E-state index is -0.751. The normalized spacial score (nSPS) is 14.3. The van der Waals surface area contributed by atoms with Crippen molar-refractivity contribution in [1.29, 1.82) is 0 Å². The van der Waals surface area contributed by atoms with Crippen LogP contribution in [0.3, 0.4) is 0 Å². The SMILES string of the molecule is CCNC(C)(Cn1nc(C)c(C)c1C)C(=O)OC. The number of aromatic nitrogens is 2. The zero-order valence-electron chi connectivity index (χ0n) is 12.1. The molecule has 0 saturated heterocycles. The molecule has 1 atom stereocenters. The summed E-state index contributed by atoms with van der Waals surface area (Å²) in [5.41, 5.74) is 2.49. The first-order valence-electron chi connectivity index (χ1n) is 6.19. The fourth-order valence-corrected chi connectivity index (χ4v) is 2.05. The van der Waals surface area contributed by atoms with Crippen molar-refractivity contribution in [3.63, 3.8) is 0 Å². The van der Waals surface area contributed by atoms with E-state index in [0.29, 0.717) is 13.1 Å². The van der Waals surface area contributed by atoms with Crippen molar-refractivity contribution in [2.24, 2.45) is 0 Å². The summed E-state index contributed by atoms with van der Waals surface area (Å²) in [6, 6.07) is 0. The molecule has 0 saturated carbocycles. The van der Waals surface area contributed by atoms with E-state index in [1.54, 1.807) is 0 Å². The first-order valence-corrected chi connectivity index (χ1v) is 6.19. The van der Waals surface area contributed by atoms with Gasteiger partial charge in [-0.15, -0.1) is 0 Å². The Morgan fingerprint density at radius 1 is 1.44 bits per heavy atom. The highest BCUT2D eigenvalue weighted by atomic mass is 16.5. The van der Waals surface area contributed by atoms with E-state index in [0.717, 1.165) is 11.4 Å². The largest absolute Gasteiger partial charge is 0.468 e. The molecule has 0 spiro atoms. The molecule has 0 bridgehead atoms. The van der Waals surface area contributed by atoms with Crippen LogP contribution >= 0.6 is 0 Å². The molecule has 1 aromatic rings. The lowest BCUT2D eigenvalue weighted by Crippen LogP contribution is -2.53. The van der Waals surface area contributed by atoms with Crippen LogP contribution in [0.5, 0.6) is 0 Å². The summed E-state index contributed by atoms with van der Waals surface area (Å²) in [4.78, 5) is 11.9. The number of carbonyl (C=O) groups is 1. The molecule has 1 heterocycles. The number of methoxy groups -OCH3 is 1. The zero-order chi connectivity index (χ0) is 13.9. The smallest absolute Gasteiger partial charge is 0.327 e. The van der Waals surface area contributed by atoms with Crippen LogP contribution in [0, 0.1) is 20.8 Å². The Bertz CT molecular complexity index is 440. The molecular formula is C13H23N3O2. The van der Waals surface area contributed by atoms with Crippen LogP contribution in [0.25, 0.3) is 0 Å². The van der Waals surface area contributed by atoms with Gasteiger partial charge < -0.3 is 10.1 Å². The van der Waals surface area contributed by atoms with Crippen LogP contribution in [-0.2, 0) is 16.1 Å². The van der Waals surface area contributed by atoms with E-state index in [1.807, 2.05) is 39.3 Å². The highest BCUT2D eigenvalue weighted by Crippen LogP contribution is 2.16. The van der Waals surface area contributed by atoms with Gasteiger partial charge in [0.25, 0.3) is 0 Å². The number of esters is 1. The van der Waals surface area contributed by atoms with Crippen LogP contribution in [0.4, 0.5) is 0 Å². The lowest BCUT2D eigenvalue weighted by molar-refractivity contribution is -0.148. The van der Waals surface area contributed by atoms with Crippen LogP contribution in [0.2, 0.25) is 0 Å². The molecule has 0 radical (unpaired) electrons. The van der Waals surface area contributed by atoms with Gasteiger partial charge in [0.2, 0.25) is 0 Å². The predicted molar refractivity (Wildman–Crippen MR) is 70.5 cm³/mol. The minimum Gasteiger partial charge on any atom is -0.468 e. The summed E-state index contributed by atoms with van der Waals surface area (Å²) in [5, 5.41) is 7.64. The zero-order valence-corrected chi connectivity index (χ0v) is 12.1. The van der Waals surface area contributed by atoms with Crippen LogP contribution in [0.15, 0.2) is 0 Å². The molecule has 5 nitrogen and oxygen atoms in total. The van der Waals surface area contributed by atoms with Crippen molar-refractivity contribution in [1.82, 2.24) is 15.1 Å². The average Bonchev–Trinajstić information content (AvgIpc) is 2.56. The Kier molecular flexibility index (Phi) is 4.51. The minimum absolute atomic E-state index is 0.269. The third-order valence-electron chi connectivity index (χ3n) is 3.41. The number of likely N-dealkylation sites (N-methyl/N-ethyl adjacent to an activating group) is 1. The van der Waals surface area contributed by atoms with Gasteiger partial charge in [-0.2, -0.15) is 5.10 Å². The molecule has 1 aromatic heterocycles. The number of nitrogens with zero attached hydrogens (tertiary/aromatic N) is 2. The lowest BCUT2D eigenvalue weighted by atomic mass is 10.0. The summed E-state index contributed by atoms with van der Waals surface area (Å²) in [6.45, 7) is 11.0. The van der Waals surface area contributed by atoms with Gasteiger partial charge in [-0.05, 0) is 39.8 Å². The highest BCUT2D eigenvalue weighted by Gasteiger charge is 2.34. The number of carbonyl (C=O) groups excluding carboxylic acids is 1. The summed E-state index contributed by atoms with van der Waals surface area (Å²) < 4.78 is 6.74. The van der Waals surface area contributed by atoms with Gasteiger partial charge in [-0.1, -0.05) is 6.92 Å². The van der Waals surface area contributed by atoms with E-state index < -0.39 is 5.54 Å². The summed E-state index contributed by atoms with van der Waals surface area (Å²) in [5.74, 6) is -0.269. The first-order chi connectivity index (χ1) is 8.35. The Labute approximate surface area is 109 Å². The number of hydrogen-bond donors (Lipinski definition) is 1. The number of ether oxygens (including phenoxy) is 1. The molecule has 0 aliphatic carbocycles. The fourth-order valence-electron chi connectivity index (χ4n) is 2.05. The van der Waals surface area contributed by atoms with E-state index >= 15 is 0 Å². The average molecular weight is 253 g/mol. The van der Waals surface area contributed by atoms with Crippen molar-refractivity contribution in [3.05, 3.63) is 17.0 Å². The highest BCUT2D eigenvalue weighted by molar-refractivity contribution is 5.80. The monoisotopic (exact) mass is 253 g/mol. The third-order valence-corrected chi connectivity index (χ3v) is 3.41. The van der Waals surface area contributed by atoms with Gasteiger partial charge in [0.1, 0.15) is 5.54 Å². The van der Waals surface area contributed by atoms with E-state index in [-0.39, 0.29) is 5.97 Å². The Balaban J connectivity index is 3.03. The molecule has 1 rings (SSSR count). The number of aryl methyl sites for hydroxylation is 1. The van der Waals surface area contributed by atoms with Gasteiger partial charge in [-0.3, -0.25) is 4.68 Å². The molecule has 102 valence electrons. The van der Waals surface area contributed by atoms with Crippen molar-refractivity contribution in [2.45, 2.75) is 46.7 Å². The second kappa shape index (κ2) is 5.52. The maximum absolute atomic E-state index is 11.9. The van der Waals surface area contributed by atoms with Gasteiger partial charge in [0.15, 0.2) is 0 Å². The molecule has 5 heteroatoms. The van der Waals surface area contributed by atoms with Crippen molar-refractivity contribution < 1.29 is 9.53 Å². The van der Waals surface area contributed by atoms with Gasteiger partial charge in [-0.25, -0.2) is 4.79 Å². The molecule has 0 aliphatic heterocycles. The first kappa shape index (κ1) is 14.7. The summed E-state index contributed by atoms with van der Waals surface area (Å²) in [7, 11) is 1.41. The second-order valence-electron chi connectivity index (χ2n) is 4.81. The Hall–Kier alpha value is -1.36. The van der Waals surface area contributed by atoms with E-state index in [2.05, 4.69) is 10.4 Å². The molecule has 1 unspecified atom stereocenters. The van der Waals surface area contributed by atoms with E-state index in [4.69, 9.17) is 4.74 Å². The standard InChI is InChI=1S/C13H23N3O2/c1-7-14-13(5,12(17)18-6)8-16-11(4)9(2)10(3)15-16/h14H,7-8H2,1-6H3. The molecular weight excluding hydrogens is 230 g/mol. The molecule has 1 N–H and O–H groups in total. The second-order valence-corrected chi connectivity index (χ2v) is 4.81. The van der Waals surface area contributed by atoms with Crippen molar-refractivity contribution in [3.8, 4) is 0 Å². The van der Waals surface area contributed by atoms with Crippen LogP contribution in [0.1, 0.15) is 30.8 Å². The number of rotatable bonds is 5. The third kappa shape index (κ3) is 2.72. The molecule has 0 aliphatic rings. The number of nitrogens with one attached hydrogen (secondary N) is 1. The topological polar surface area (TPSA) is 56.2 Å². The fraction of sp³-hybridized carbons (Fsp3) is 0.692. The maximum atomic E-state index is 11.9. The van der Waals surface area contributed by atoms with Crippen LogP contribution in [-0.4, -0.2) is 34.9 Å². The van der Waals surface area contributed by atoms with E-state index in [1.165, 1.54) is 12.7 Å². The van der Waals surface area contributed by atoms with Crippen molar-refractivity contribution in [2.75, 3.05) is 13.7 Å². The number of hydrogen-bond acceptors (Lipinski definition) is 4.